The van der Waals surface area contributed by atoms with Crippen LogP contribution in [0.15, 0.2) is 6.07 Å². The lowest BCUT2D eigenvalue weighted by Crippen LogP contribution is -2.11. The predicted octanol–water partition coefficient (Wildman–Crippen LogP) is 2.90. The molecule has 3 N–H and O–H groups in total. The fourth-order valence-electron chi connectivity index (χ4n) is 2.34. The fourth-order valence-corrected chi connectivity index (χ4v) is 3.27. The summed E-state index contributed by atoms with van der Waals surface area (Å²) in [7, 11) is 0. The summed E-state index contributed by atoms with van der Waals surface area (Å²) in [6.07, 6.45) is 3.57. The van der Waals surface area contributed by atoms with Crippen LogP contribution in [0.3, 0.4) is 0 Å². The van der Waals surface area contributed by atoms with E-state index in [1.165, 1.54) is 24.0 Å². The van der Waals surface area contributed by atoms with Crippen molar-refractivity contribution < 1.29 is 5.11 Å². The molecule has 82 valence electrons. The number of hydrogen-bond donors (Lipinski definition) is 2. The Morgan fingerprint density at radius 1 is 1.60 bits per heavy atom. The van der Waals surface area contributed by atoms with Gasteiger partial charge in [0.15, 0.2) is 0 Å². The van der Waals surface area contributed by atoms with Crippen LogP contribution < -0.4 is 5.73 Å². The standard InChI is InChI=1S/C12H16INO/c1-7-3-2-4-9-10(7)5-8(6-14)12(15)11(9)13/h5,7,15H,2-4,6,14H2,1H3. The molecule has 0 saturated carbocycles. The van der Waals surface area contributed by atoms with Gasteiger partial charge >= 0.3 is 0 Å². The maximum atomic E-state index is 9.95. The van der Waals surface area contributed by atoms with Gasteiger partial charge in [0.1, 0.15) is 5.75 Å². The van der Waals surface area contributed by atoms with Crippen molar-refractivity contribution in [1.29, 1.82) is 0 Å². The topological polar surface area (TPSA) is 46.2 Å². The SMILES string of the molecule is CC1CCCc2c1cc(CN)c(O)c2I. The van der Waals surface area contributed by atoms with E-state index in [4.69, 9.17) is 5.73 Å². The molecule has 0 aliphatic heterocycles. The van der Waals surface area contributed by atoms with E-state index in [-0.39, 0.29) is 0 Å². The van der Waals surface area contributed by atoms with E-state index in [9.17, 15) is 5.11 Å². The summed E-state index contributed by atoms with van der Waals surface area (Å²) in [6, 6.07) is 2.09. The average Bonchev–Trinajstić information content (AvgIpc) is 2.24. The Bertz CT molecular complexity index is 390. The lowest BCUT2D eigenvalue weighted by molar-refractivity contribution is 0.460. The Morgan fingerprint density at radius 3 is 3.00 bits per heavy atom. The quantitative estimate of drug-likeness (QED) is 0.783. The van der Waals surface area contributed by atoms with Gasteiger partial charge in [0.25, 0.3) is 0 Å². The first-order valence-corrected chi connectivity index (χ1v) is 6.46. The van der Waals surface area contributed by atoms with E-state index in [0.717, 1.165) is 15.6 Å². The Hall–Kier alpha value is -0.290. The number of phenolic OH excluding ortho intramolecular Hbond substituents is 1. The van der Waals surface area contributed by atoms with Gasteiger partial charge in [-0.3, -0.25) is 0 Å². The summed E-state index contributed by atoms with van der Waals surface area (Å²) in [5.41, 5.74) is 9.25. The third-order valence-electron chi connectivity index (χ3n) is 3.27. The molecule has 2 rings (SSSR count). The molecule has 0 spiro atoms. The van der Waals surface area contributed by atoms with E-state index in [1.54, 1.807) is 0 Å². The van der Waals surface area contributed by atoms with E-state index in [0.29, 0.717) is 18.2 Å². The minimum atomic E-state index is 0.394. The van der Waals surface area contributed by atoms with Crippen LogP contribution in [0.1, 0.15) is 42.4 Å². The average molecular weight is 317 g/mol. The lowest BCUT2D eigenvalue weighted by Gasteiger charge is -2.25. The van der Waals surface area contributed by atoms with Gasteiger partial charge in [0, 0.05) is 12.1 Å². The number of nitrogens with two attached hydrogens (primary N) is 1. The summed E-state index contributed by atoms with van der Waals surface area (Å²) in [4.78, 5) is 0. The van der Waals surface area contributed by atoms with E-state index < -0.39 is 0 Å². The molecule has 0 amide bonds. The molecule has 1 atom stereocenters. The highest BCUT2D eigenvalue weighted by Gasteiger charge is 2.22. The van der Waals surface area contributed by atoms with Crippen molar-refractivity contribution in [3.8, 4) is 5.75 Å². The molecule has 0 heterocycles. The van der Waals surface area contributed by atoms with Crippen molar-refractivity contribution in [2.45, 2.75) is 38.6 Å². The van der Waals surface area contributed by atoms with E-state index >= 15 is 0 Å². The molecule has 1 aromatic rings. The summed E-state index contributed by atoms with van der Waals surface area (Å²) in [6.45, 7) is 2.67. The van der Waals surface area contributed by atoms with Gasteiger partial charge in [-0.2, -0.15) is 0 Å². The fraction of sp³-hybridized carbons (Fsp3) is 0.500. The third kappa shape index (κ3) is 1.87. The molecule has 1 unspecified atom stereocenters. The minimum absolute atomic E-state index is 0.394. The zero-order valence-corrected chi connectivity index (χ0v) is 11.0. The van der Waals surface area contributed by atoms with Gasteiger partial charge in [-0.25, -0.2) is 0 Å². The molecule has 0 aromatic heterocycles. The zero-order valence-electron chi connectivity index (χ0n) is 8.89. The number of phenols is 1. The van der Waals surface area contributed by atoms with E-state index in [1.807, 2.05) is 0 Å². The first-order valence-electron chi connectivity index (χ1n) is 5.38. The highest BCUT2D eigenvalue weighted by molar-refractivity contribution is 14.1. The second-order valence-corrected chi connectivity index (χ2v) is 5.34. The second kappa shape index (κ2) is 4.29. The molecule has 2 nitrogen and oxygen atoms in total. The van der Waals surface area contributed by atoms with Gasteiger partial charge in [-0.05, 0) is 58.9 Å². The smallest absolute Gasteiger partial charge is 0.133 e. The molecule has 15 heavy (non-hydrogen) atoms. The summed E-state index contributed by atoms with van der Waals surface area (Å²) < 4.78 is 1.01. The number of benzene rings is 1. The lowest BCUT2D eigenvalue weighted by atomic mass is 9.83. The van der Waals surface area contributed by atoms with Crippen molar-refractivity contribution in [2.75, 3.05) is 0 Å². The third-order valence-corrected chi connectivity index (χ3v) is 4.43. The van der Waals surface area contributed by atoms with Crippen LogP contribution in [0.4, 0.5) is 0 Å². The molecule has 3 heteroatoms. The molecule has 1 aliphatic carbocycles. The first kappa shape index (κ1) is 11.2. The molecule has 0 bridgehead atoms. The van der Waals surface area contributed by atoms with Crippen LogP contribution in [0, 0.1) is 3.57 Å². The van der Waals surface area contributed by atoms with Crippen LogP contribution >= 0.6 is 22.6 Å². The molecule has 1 aliphatic rings. The van der Waals surface area contributed by atoms with Crippen LogP contribution in [0.2, 0.25) is 0 Å². The molecule has 0 fully saturated rings. The van der Waals surface area contributed by atoms with Gasteiger partial charge < -0.3 is 10.8 Å². The summed E-state index contributed by atoms with van der Waals surface area (Å²) in [5, 5.41) is 9.95. The number of halogens is 1. The zero-order chi connectivity index (χ0) is 11.0. The van der Waals surface area contributed by atoms with E-state index in [2.05, 4.69) is 35.6 Å². The Balaban J connectivity index is 2.61. The number of aromatic hydroxyl groups is 1. The largest absolute Gasteiger partial charge is 0.506 e. The Labute approximate surface area is 104 Å². The van der Waals surface area contributed by atoms with Crippen LogP contribution in [0.5, 0.6) is 5.75 Å². The Kier molecular flexibility index (Phi) is 3.21. The highest BCUT2D eigenvalue weighted by Crippen LogP contribution is 2.39. The van der Waals surface area contributed by atoms with Crippen LogP contribution in [0.25, 0.3) is 0 Å². The number of fused-ring (bicyclic) bond motifs is 1. The van der Waals surface area contributed by atoms with Crippen LogP contribution in [-0.4, -0.2) is 5.11 Å². The Morgan fingerprint density at radius 2 is 2.33 bits per heavy atom. The summed E-state index contributed by atoms with van der Waals surface area (Å²) >= 11 is 2.24. The monoisotopic (exact) mass is 317 g/mol. The highest BCUT2D eigenvalue weighted by atomic mass is 127. The van der Waals surface area contributed by atoms with Crippen LogP contribution in [-0.2, 0) is 13.0 Å². The minimum Gasteiger partial charge on any atom is -0.506 e. The van der Waals surface area contributed by atoms with Gasteiger partial charge in [0.05, 0.1) is 3.57 Å². The van der Waals surface area contributed by atoms with Gasteiger partial charge in [-0.15, -0.1) is 0 Å². The normalized spacial score (nSPS) is 20.1. The van der Waals surface area contributed by atoms with Crippen molar-refractivity contribution in [2.24, 2.45) is 5.73 Å². The summed E-state index contributed by atoms with van der Waals surface area (Å²) in [5.74, 6) is 0.999. The predicted molar refractivity (Wildman–Crippen MR) is 70.1 cm³/mol. The van der Waals surface area contributed by atoms with Crippen molar-refractivity contribution >= 4 is 22.6 Å². The van der Waals surface area contributed by atoms with Gasteiger partial charge in [-0.1, -0.05) is 13.0 Å². The molecule has 1 aromatic carbocycles. The van der Waals surface area contributed by atoms with Crippen molar-refractivity contribution in [1.82, 2.24) is 0 Å². The maximum Gasteiger partial charge on any atom is 0.133 e. The van der Waals surface area contributed by atoms with Crippen molar-refractivity contribution in [3.05, 3.63) is 26.3 Å². The molecular weight excluding hydrogens is 301 g/mol. The molecular formula is C12H16INO. The number of hydrogen-bond acceptors (Lipinski definition) is 2. The molecule has 0 saturated heterocycles. The van der Waals surface area contributed by atoms with Crippen molar-refractivity contribution in [3.63, 3.8) is 0 Å². The second-order valence-electron chi connectivity index (χ2n) is 4.26. The molecule has 0 radical (unpaired) electrons. The van der Waals surface area contributed by atoms with Gasteiger partial charge in [0.2, 0.25) is 0 Å². The number of rotatable bonds is 1. The maximum absolute atomic E-state index is 9.95. The first-order chi connectivity index (χ1) is 7.15.